The van der Waals surface area contributed by atoms with E-state index in [0.29, 0.717) is 47.4 Å². The van der Waals surface area contributed by atoms with E-state index in [-0.39, 0.29) is 11.8 Å². The van der Waals surface area contributed by atoms with Gasteiger partial charge in [-0.2, -0.15) is 4.98 Å². The van der Waals surface area contributed by atoms with Crippen molar-refractivity contribution in [3.05, 3.63) is 71.4 Å². The maximum absolute atomic E-state index is 12.9. The zero-order valence-corrected chi connectivity index (χ0v) is 18.0. The van der Waals surface area contributed by atoms with Gasteiger partial charge in [0.15, 0.2) is 5.82 Å². The highest BCUT2D eigenvalue weighted by molar-refractivity contribution is 7.98. The minimum atomic E-state index is -0.243. The number of nitrogens with zero attached hydrogens (tertiary/aromatic N) is 3. The summed E-state index contributed by atoms with van der Waals surface area (Å²) in [4.78, 5) is 32.2. The van der Waals surface area contributed by atoms with E-state index in [9.17, 15) is 9.59 Å². The lowest BCUT2D eigenvalue weighted by Crippen LogP contribution is -2.30. The predicted octanol–water partition coefficient (Wildman–Crippen LogP) is 4.40. The van der Waals surface area contributed by atoms with Crippen LogP contribution in [0.2, 0.25) is 0 Å². The summed E-state index contributed by atoms with van der Waals surface area (Å²) in [6, 6.07) is 14.3. The minimum Gasteiger partial charge on any atom is -0.339 e. The van der Waals surface area contributed by atoms with Gasteiger partial charge in [0.2, 0.25) is 5.89 Å². The topological polar surface area (TPSA) is 88.3 Å². The van der Waals surface area contributed by atoms with Crippen LogP contribution in [0.4, 0.5) is 5.69 Å². The molecule has 0 fully saturated rings. The average molecular weight is 425 g/mol. The highest BCUT2D eigenvalue weighted by Crippen LogP contribution is 2.26. The Kier molecular flexibility index (Phi) is 7.24. The van der Waals surface area contributed by atoms with Crippen LogP contribution < -0.4 is 5.32 Å². The van der Waals surface area contributed by atoms with Crippen molar-refractivity contribution in [2.24, 2.45) is 0 Å². The largest absolute Gasteiger partial charge is 0.339 e. The number of amides is 2. The molecule has 0 aliphatic carbocycles. The molecule has 0 radical (unpaired) electrons. The van der Waals surface area contributed by atoms with Crippen molar-refractivity contribution in [3.8, 4) is 0 Å². The molecule has 0 aliphatic heterocycles. The molecule has 3 aromatic rings. The number of anilines is 1. The van der Waals surface area contributed by atoms with Gasteiger partial charge < -0.3 is 14.7 Å². The molecule has 2 amide bonds. The normalized spacial score (nSPS) is 10.6. The fourth-order valence-corrected chi connectivity index (χ4v) is 3.83. The quantitative estimate of drug-likeness (QED) is 0.539. The van der Waals surface area contributed by atoms with Crippen LogP contribution in [0.25, 0.3) is 0 Å². The molecule has 30 heavy (non-hydrogen) atoms. The molecule has 1 heterocycles. The van der Waals surface area contributed by atoms with Crippen LogP contribution in [0.3, 0.4) is 0 Å². The van der Waals surface area contributed by atoms with E-state index < -0.39 is 0 Å². The monoisotopic (exact) mass is 424 g/mol. The van der Waals surface area contributed by atoms with Gasteiger partial charge in [-0.25, -0.2) is 0 Å². The van der Waals surface area contributed by atoms with Gasteiger partial charge in [-0.05, 0) is 51.1 Å². The SMILES string of the molecule is CCN(CC)C(=O)c1cccc(NC(=O)c2ccccc2SCc2nc(C)no2)c1. The lowest BCUT2D eigenvalue weighted by Gasteiger charge is -2.19. The van der Waals surface area contributed by atoms with Gasteiger partial charge in [0.1, 0.15) is 0 Å². The Morgan fingerprint density at radius 3 is 2.57 bits per heavy atom. The van der Waals surface area contributed by atoms with Crippen LogP contribution in [0.1, 0.15) is 46.3 Å². The standard InChI is InChI=1S/C22H24N4O3S/c1-4-26(5-2)22(28)16-9-8-10-17(13-16)24-21(27)18-11-6-7-12-19(18)30-14-20-23-15(3)25-29-20/h6-13H,4-5,14H2,1-3H3,(H,24,27). The van der Waals surface area contributed by atoms with Gasteiger partial charge in [0, 0.05) is 29.2 Å². The molecular weight excluding hydrogens is 400 g/mol. The van der Waals surface area contributed by atoms with E-state index in [1.807, 2.05) is 32.0 Å². The molecular formula is C22H24N4O3S. The summed E-state index contributed by atoms with van der Waals surface area (Å²) in [6.45, 7) is 6.92. The third-order valence-electron chi connectivity index (χ3n) is 4.47. The second kappa shape index (κ2) is 10.1. The Balaban J connectivity index is 1.73. The third-order valence-corrected chi connectivity index (χ3v) is 5.53. The van der Waals surface area contributed by atoms with Crippen LogP contribution in [0, 0.1) is 6.92 Å². The Labute approximate surface area is 179 Å². The van der Waals surface area contributed by atoms with Crippen molar-refractivity contribution in [2.75, 3.05) is 18.4 Å². The highest BCUT2D eigenvalue weighted by Gasteiger charge is 2.16. The molecule has 0 saturated heterocycles. The van der Waals surface area contributed by atoms with Gasteiger partial charge in [0.25, 0.3) is 11.8 Å². The van der Waals surface area contributed by atoms with E-state index in [2.05, 4.69) is 15.5 Å². The second-order valence-corrected chi connectivity index (χ2v) is 7.55. The van der Waals surface area contributed by atoms with E-state index in [4.69, 9.17) is 4.52 Å². The number of rotatable bonds is 8. The third kappa shape index (κ3) is 5.27. The molecule has 0 atom stereocenters. The molecule has 3 rings (SSSR count). The van der Waals surface area contributed by atoms with Crippen molar-refractivity contribution in [3.63, 3.8) is 0 Å². The number of aromatic nitrogens is 2. The highest BCUT2D eigenvalue weighted by atomic mass is 32.2. The molecule has 0 spiro atoms. The molecule has 156 valence electrons. The Morgan fingerprint density at radius 2 is 1.87 bits per heavy atom. The number of thioether (sulfide) groups is 1. The van der Waals surface area contributed by atoms with Crippen LogP contribution in [-0.2, 0) is 5.75 Å². The number of aryl methyl sites for hydroxylation is 1. The fraction of sp³-hybridized carbons (Fsp3) is 0.273. The van der Waals surface area contributed by atoms with Gasteiger partial charge in [0.05, 0.1) is 11.3 Å². The maximum Gasteiger partial charge on any atom is 0.256 e. The first kappa shape index (κ1) is 21.6. The van der Waals surface area contributed by atoms with Crippen molar-refractivity contribution >= 4 is 29.3 Å². The van der Waals surface area contributed by atoms with Crippen molar-refractivity contribution in [1.29, 1.82) is 0 Å². The Bertz CT molecular complexity index is 1030. The van der Waals surface area contributed by atoms with Gasteiger partial charge in [-0.15, -0.1) is 11.8 Å². The summed E-state index contributed by atoms with van der Waals surface area (Å²) < 4.78 is 5.14. The van der Waals surface area contributed by atoms with E-state index in [1.165, 1.54) is 11.8 Å². The molecule has 0 bridgehead atoms. The van der Waals surface area contributed by atoms with E-state index >= 15 is 0 Å². The van der Waals surface area contributed by atoms with Crippen molar-refractivity contribution in [1.82, 2.24) is 15.0 Å². The number of nitrogens with one attached hydrogen (secondary N) is 1. The van der Waals surface area contributed by atoms with Crippen LogP contribution in [0.5, 0.6) is 0 Å². The van der Waals surface area contributed by atoms with Crippen LogP contribution >= 0.6 is 11.8 Å². The number of carbonyl (C=O) groups is 2. The molecule has 0 unspecified atom stereocenters. The Hall–Kier alpha value is -3.13. The summed E-state index contributed by atoms with van der Waals surface area (Å²) in [6.07, 6.45) is 0. The summed E-state index contributed by atoms with van der Waals surface area (Å²) in [7, 11) is 0. The molecule has 7 nitrogen and oxygen atoms in total. The summed E-state index contributed by atoms with van der Waals surface area (Å²) >= 11 is 1.45. The molecule has 1 aromatic heterocycles. The molecule has 0 aliphatic rings. The van der Waals surface area contributed by atoms with Crippen molar-refractivity contribution in [2.45, 2.75) is 31.4 Å². The summed E-state index contributed by atoms with van der Waals surface area (Å²) in [5.41, 5.74) is 1.66. The number of benzene rings is 2. The van der Waals surface area contributed by atoms with Gasteiger partial charge >= 0.3 is 0 Å². The Morgan fingerprint density at radius 1 is 1.10 bits per heavy atom. The lowest BCUT2D eigenvalue weighted by atomic mass is 10.1. The van der Waals surface area contributed by atoms with E-state index in [0.717, 1.165) is 4.90 Å². The number of carbonyl (C=O) groups excluding carboxylic acids is 2. The number of hydrogen-bond donors (Lipinski definition) is 1. The first-order chi connectivity index (χ1) is 14.5. The molecule has 1 N–H and O–H groups in total. The van der Waals surface area contributed by atoms with Gasteiger partial charge in [-0.3, -0.25) is 9.59 Å². The van der Waals surface area contributed by atoms with Crippen LogP contribution in [-0.4, -0.2) is 39.9 Å². The fourth-order valence-electron chi connectivity index (χ4n) is 2.94. The van der Waals surface area contributed by atoms with Crippen LogP contribution in [0.15, 0.2) is 57.9 Å². The van der Waals surface area contributed by atoms with E-state index in [1.54, 1.807) is 42.2 Å². The summed E-state index contributed by atoms with van der Waals surface area (Å²) in [5.74, 6) is 1.26. The lowest BCUT2D eigenvalue weighted by molar-refractivity contribution is 0.0772. The predicted molar refractivity (Wildman–Crippen MR) is 117 cm³/mol. The number of hydrogen-bond acceptors (Lipinski definition) is 6. The average Bonchev–Trinajstić information content (AvgIpc) is 3.18. The zero-order chi connectivity index (χ0) is 21.5. The maximum atomic E-state index is 12.9. The minimum absolute atomic E-state index is 0.0538. The zero-order valence-electron chi connectivity index (χ0n) is 17.2. The molecule has 2 aromatic carbocycles. The second-order valence-electron chi connectivity index (χ2n) is 6.53. The molecule has 8 heteroatoms. The first-order valence-corrected chi connectivity index (χ1v) is 10.7. The van der Waals surface area contributed by atoms with Crippen molar-refractivity contribution < 1.29 is 14.1 Å². The van der Waals surface area contributed by atoms with Gasteiger partial charge in [-0.1, -0.05) is 23.4 Å². The summed E-state index contributed by atoms with van der Waals surface area (Å²) in [5, 5.41) is 6.68. The smallest absolute Gasteiger partial charge is 0.256 e. The molecule has 0 saturated carbocycles. The first-order valence-electron chi connectivity index (χ1n) is 9.73.